The molecule has 4 fully saturated rings. The number of hydrogen-bond acceptors (Lipinski definition) is 5. The number of aromatic nitrogens is 2. The molecule has 5 heteroatoms. The molecule has 2 aromatic rings. The van der Waals surface area contributed by atoms with E-state index < -0.39 is 0 Å². The zero-order chi connectivity index (χ0) is 18.4. The number of nitrogens with two attached hydrogens (primary N) is 1. The third-order valence-electron chi connectivity index (χ3n) is 6.82. The van der Waals surface area contributed by atoms with Crippen molar-refractivity contribution in [2.24, 2.45) is 17.8 Å². The maximum Gasteiger partial charge on any atom is 0.248 e. The zero-order valence-corrected chi connectivity index (χ0v) is 15.9. The monoisotopic (exact) mass is 364 g/mol. The van der Waals surface area contributed by atoms with Gasteiger partial charge in [0.25, 0.3) is 0 Å². The van der Waals surface area contributed by atoms with Crippen LogP contribution in [0.15, 0.2) is 30.6 Å². The minimum Gasteiger partial charge on any atom is -0.437 e. The molecule has 3 N–H and O–H groups in total. The van der Waals surface area contributed by atoms with Crippen molar-refractivity contribution >= 4 is 11.5 Å². The lowest BCUT2D eigenvalue weighted by Crippen LogP contribution is -2.55. The van der Waals surface area contributed by atoms with Gasteiger partial charge in [-0.25, -0.2) is 4.98 Å². The average Bonchev–Trinajstić information content (AvgIpc) is 2.64. The largest absolute Gasteiger partial charge is 0.437 e. The number of benzene rings is 1. The summed E-state index contributed by atoms with van der Waals surface area (Å²) in [6.07, 6.45) is 10.6. The van der Waals surface area contributed by atoms with E-state index in [4.69, 9.17) is 10.5 Å². The van der Waals surface area contributed by atoms with Crippen molar-refractivity contribution in [2.75, 3.05) is 11.1 Å². The van der Waals surface area contributed by atoms with Gasteiger partial charge in [-0.2, -0.15) is 4.98 Å². The van der Waals surface area contributed by atoms with Crippen LogP contribution in [0.5, 0.6) is 11.6 Å². The number of aryl methyl sites for hydroxylation is 1. The third kappa shape index (κ3) is 3.13. The predicted octanol–water partition coefficient (Wildman–Crippen LogP) is 4.79. The van der Waals surface area contributed by atoms with Gasteiger partial charge in [0.1, 0.15) is 17.8 Å². The van der Waals surface area contributed by atoms with Gasteiger partial charge in [-0.05, 0) is 80.4 Å². The van der Waals surface area contributed by atoms with Gasteiger partial charge < -0.3 is 15.8 Å². The second kappa shape index (κ2) is 6.39. The lowest BCUT2D eigenvalue weighted by molar-refractivity contribution is 0.0106. The van der Waals surface area contributed by atoms with E-state index in [1.807, 2.05) is 12.1 Å². The lowest BCUT2D eigenvalue weighted by Gasteiger charge is -2.57. The van der Waals surface area contributed by atoms with Crippen molar-refractivity contribution in [3.63, 3.8) is 0 Å². The molecule has 0 unspecified atom stereocenters. The molecule has 142 valence electrons. The molecule has 4 bridgehead atoms. The maximum absolute atomic E-state index is 6.40. The molecule has 0 atom stereocenters. The summed E-state index contributed by atoms with van der Waals surface area (Å²) in [7, 11) is 0. The second-order valence-electron chi connectivity index (χ2n) is 8.86. The fraction of sp³-hybridized carbons (Fsp3) is 0.545. The first-order valence-corrected chi connectivity index (χ1v) is 10.3. The summed E-state index contributed by atoms with van der Waals surface area (Å²) >= 11 is 0. The van der Waals surface area contributed by atoms with Gasteiger partial charge in [-0.1, -0.05) is 19.1 Å². The molecule has 4 aliphatic carbocycles. The van der Waals surface area contributed by atoms with Crippen molar-refractivity contribution in [3.05, 3.63) is 36.2 Å². The SMILES string of the molecule is CCc1ccc(Oc2ncnc(NC34CC5CC(CC(C5)C3)C4)c2N)cc1. The van der Waals surface area contributed by atoms with Crippen LogP contribution in [-0.4, -0.2) is 15.5 Å². The number of nitrogen functional groups attached to an aromatic ring is 1. The van der Waals surface area contributed by atoms with Crippen LogP contribution in [0, 0.1) is 17.8 Å². The van der Waals surface area contributed by atoms with Crippen LogP contribution >= 0.6 is 0 Å². The Kier molecular flexibility index (Phi) is 3.99. The molecule has 0 spiro atoms. The Morgan fingerprint density at radius 1 is 1.04 bits per heavy atom. The minimum absolute atomic E-state index is 0.164. The first-order valence-electron chi connectivity index (χ1n) is 10.3. The van der Waals surface area contributed by atoms with E-state index in [1.165, 1.54) is 44.1 Å². The molecule has 0 radical (unpaired) electrons. The minimum atomic E-state index is 0.164. The fourth-order valence-corrected chi connectivity index (χ4v) is 5.98. The Morgan fingerprint density at radius 2 is 1.67 bits per heavy atom. The lowest BCUT2D eigenvalue weighted by atomic mass is 9.53. The number of nitrogens with zero attached hydrogens (tertiary/aromatic N) is 2. The van der Waals surface area contributed by atoms with Crippen LogP contribution in [0.1, 0.15) is 51.0 Å². The van der Waals surface area contributed by atoms with Crippen molar-refractivity contribution in [1.82, 2.24) is 9.97 Å². The molecule has 5 nitrogen and oxygen atoms in total. The number of rotatable bonds is 5. The molecule has 0 saturated heterocycles. The molecule has 1 aromatic carbocycles. The van der Waals surface area contributed by atoms with E-state index in [-0.39, 0.29) is 5.54 Å². The standard InChI is InChI=1S/C22H28N4O/c1-2-14-3-5-18(6-4-14)27-21-19(23)20(24-13-25-21)26-22-10-15-7-16(11-22)9-17(8-15)12-22/h3-6,13,15-17H,2,7-12,23H2,1H3,(H,24,25,26). The maximum atomic E-state index is 6.40. The average molecular weight is 364 g/mol. The van der Waals surface area contributed by atoms with Crippen LogP contribution in [0.2, 0.25) is 0 Å². The van der Waals surface area contributed by atoms with Crippen LogP contribution in [-0.2, 0) is 6.42 Å². The van der Waals surface area contributed by atoms with Gasteiger partial charge in [0.15, 0.2) is 5.82 Å². The molecule has 0 amide bonds. The Labute approximate surface area is 160 Å². The first kappa shape index (κ1) is 16.8. The highest BCUT2D eigenvalue weighted by atomic mass is 16.5. The molecule has 4 saturated carbocycles. The van der Waals surface area contributed by atoms with E-state index in [2.05, 4.69) is 34.3 Å². The van der Waals surface area contributed by atoms with Gasteiger partial charge in [-0.3, -0.25) is 0 Å². The number of nitrogens with one attached hydrogen (secondary N) is 1. The smallest absolute Gasteiger partial charge is 0.248 e. The van der Waals surface area contributed by atoms with Gasteiger partial charge in [0, 0.05) is 5.54 Å². The summed E-state index contributed by atoms with van der Waals surface area (Å²) in [5, 5.41) is 3.74. The summed E-state index contributed by atoms with van der Waals surface area (Å²) in [5.41, 5.74) is 8.36. The number of ether oxygens (including phenoxy) is 1. The van der Waals surface area contributed by atoms with Gasteiger partial charge in [0.2, 0.25) is 5.88 Å². The zero-order valence-electron chi connectivity index (χ0n) is 15.9. The summed E-state index contributed by atoms with van der Waals surface area (Å²) in [5.74, 6) is 4.53. The normalized spacial score (nSPS) is 31.1. The van der Waals surface area contributed by atoms with Crippen LogP contribution in [0.3, 0.4) is 0 Å². The van der Waals surface area contributed by atoms with E-state index in [1.54, 1.807) is 6.33 Å². The molecule has 1 heterocycles. The van der Waals surface area contributed by atoms with Crippen LogP contribution in [0.4, 0.5) is 11.5 Å². The molecule has 4 aliphatic rings. The molecule has 0 aliphatic heterocycles. The predicted molar refractivity (Wildman–Crippen MR) is 107 cm³/mol. The Hall–Kier alpha value is -2.30. The quantitative estimate of drug-likeness (QED) is 0.798. The number of hydrogen-bond donors (Lipinski definition) is 2. The molecular weight excluding hydrogens is 336 g/mol. The molecule has 1 aromatic heterocycles. The van der Waals surface area contributed by atoms with Gasteiger partial charge in [-0.15, -0.1) is 0 Å². The molecule has 6 rings (SSSR count). The Bertz CT molecular complexity index is 797. The highest BCUT2D eigenvalue weighted by Gasteiger charge is 2.51. The van der Waals surface area contributed by atoms with Crippen molar-refractivity contribution in [2.45, 2.75) is 57.4 Å². The third-order valence-corrected chi connectivity index (χ3v) is 6.82. The summed E-state index contributed by atoms with van der Waals surface area (Å²) < 4.78 is 5.95. The van der Waals surface area contributed by atoms with Crippen molar-refractivity contribution in [1.29, 1.82) is 0 Å². The van der Waals surface area contributed by atoms with E-state index in [9.17, 15) is 0 Å². The van der Waals surface area contributed by atoms with Crippen LogP contribution < -0.4 is 15.8 Å². The summed E-state index contributed by atoms with van der Waals surface area (Å²) in [4.78, 5) is 8.73. The summed E-state index contributed by atoms with van der Waals surface area (Å²) in [6.45, 7) is 2.14. The van der Waals surface area contributed by atoms with E-state index >= 15 is 0 Å². The van der Waals surface area contributed by atoms with Gasteiger partial charge in [0.05, 0.1) is 0 Å². The Balaban J connectivity index is 1.37. The molecule has 27 heavy (non-hydrogen) atoms. The fourth-order valence-electron chi connectivity index (χ4n) is 5.98. The van der Waals surface area contributed by atoms with Crippen molar-refractivity contribution < 1.29 is 4.74 Å². The highest BCUT2D eigenvalue weighted by molar-refractivity contribution is 5.68. The topological polar surface area (TPSA) is 73.1 Å². The van der Waals surface area contributed by atoms with Crippen molar-refractivity contribution in [3.8, 4) is 11.6 Å². The van der Waals surface area contributed by atoms with Gasteiger partial charge >= 0.3 is 0 Å². The first-order chi connectivity index (χ1) is 13.1. The number of anilines is 2. The van der Waals surface area contributed by atoms with E-state index in [0.29, 0.717) is 11.6 Å². The summed E-state index contributed by atoms with van der Waals surface area (Å²) in [6, 6.07) is 8.07. The van der Waals surface area contributed by atoms with Crippen LogP contribution in [0.25, 0.3) is 0 Å². The highest BCUT2D eigenvalue weighted by Crippen LogP contribution is 2.56. The second-order valence-corrected chi connectivity index (χ2v) is 8.86. The van der Waals surface area contributed by atoms with E-state index in [0.717, 1.165) is 35.7 Å². The Morgan fingerprint density at radius 3 is 2.26 bits per heavy atom. The molecular formula is C22H28N4O.